The number of halogens is 1. The Balaban J connectivity index is 2.40. The lowest BCUT2D eigenvalue weighted by Crippen LogP contribution is -2.10. The van der Waals surface area contributed by atoms with Crippen LogP contribution in [-0.2, 0) is 9.47 Å². The molecule has 0 aliphatic heterocycles. The van der Waals surface area contributed by atoms with E-state index >= 15 is 0 Å². The van der Waals surface area contributed by atoms with E-state index in [1.807, 2.05) is 0 Å². The third-order valence-corrected chi connectivity index (χ3v) is 2.50. The van der Waals surface area contributed by atoms with E-state index < -0.39 is 5.97 Å². The Morgan fingerprint density at radius 3 is 2.61 bits per heavy atom. The fourth-order valence-corrected chi connectivity index (χ4v) is 1.70. The number of aromatic carboxylic acids is 1. The van der Waals surface area contributed by atoms with E-state index in [-0.39, 0.29) is 5.56 Å². The second-order valence-electron chi connectivity index (χ2n) is 3.43. The number of hydrogen-bond acceptors (Lipinski definition) is 4. The van der Waals surface area contributed by atoms with Gasteiger partial charge in [0.2, 0.25) is 0 Å². The first-order valence-corrected chi connectivity index (χ1v) is 6.16. The predicted molar refractivity (Wildman–Crippen MR) is 69.3 cm³/mol. The van der Waals surface area contributed by atoms with Crippen molar-refractivity contribution in [1.82, 2.24) is 0 Å². The molecular formula is C12H15BrO5. The maximum absolute atomic E-state index is 10.8. The fourth-order valence-electron chi connectivity index (χ4n) is 1.23. The molecule has 5 nitrogen and oxygen atoms in total. The third kappa shape index (κ3) is 5.48. The average molecular weight is 319 g/mol. The monoisotopic (exact) mass is 318 g/mol. The summed E-state index contributed by atoms with van der Waals surface area (Å²) in [5, 5.41) is 8.89. The molecule has 0 saturated heterocycles. The van der Waals surface area contributed by atoms with Gasteiger partial charge in [-0.3, -0.25) is 0 Å². The van der Waals surface area contributed by atoms with Gasteiger partial charge in [-0.2, -0.15) is 0 Å². The van der Waals surface area contributed by atoms with Crippen LogP contribution in [-0.4, -0.2) is 44.6 Å². The van der Waals surface area contributed by atoms with Crippen molar-refractivity contribution in [2.75, 3.05) is 33.5 Å². The Morgan fingerprint density at radius 2 is 1.94 bits per heavy atom. The van der Waals surface area contributed by atoms with Gasteiger partial charge in [0.05, 0.1) is 25.4 Å². The summed E-state index contributed by atoms with van der Waals surface area (Å²) in [6, 6.07) is 4.70. The SMILES string of the molecule is COCCOCCOc1cc(Br)cc(C(=O)O)c1. The van der Waals surface area contributed by atoms with Crippen LogP contribution in [0, 0.1) is 0 Å². The molecule has 0 spiro atoms. The van der Waals surface area contributed by atoms with Crippen molar-refractivity contribution in [2.45, 2.75) is 0 Å². The van der Waals surface area contributed by atoms with Gasteiger partial charge in [-0.25, -0.2) is 4.79 Å². The molecule has 1 N–H and O–H groups in total. The summed E-state index contributed by atoms with van der Waals surface area (Å²) in [6.45, 7) is 1.84. The van der Waals surface area contributed by atoms with Gasteiger partial charge in [0.25, 0.3) is 0 Å². The van der Waals surface area contributed by atoms with Crippen molar-refractivity contribution in [3.8, 4) is 5.75 Å². The first-order valence-electron chi connectivity index (χ1n) is 5.37. The molecule has 0 unspecified atom stereocenters. The van der Waals surface area contributed by atoms with Crippen LogP contribution in [0.25, 0.3) is 0 Å². The zero-order chi connectivity index (χ0) is 13.4. The van der Waals surface area contributed by atoms with Crippen molar-refractivity contribution in [1.29, 1.82) is 0 Å². The van der Waals surface area contributed by atoms with E-state index in [2.05, 4.69) is 15.9 Å². The fraction of sp³-hybridized carbons (Fsp3) is 0.417. The van der Waals surface area contributed by atoms with Crippen LogP contribution in [0.15, 0.2) is 22.7 Å². The number of benzene rings is 1. The highest BCUT2D eigenvalue weighted by Gasteiger charge is 2.06. The maximum Gasteiger partial charge on any atom is 0.335 e. The molecule has 0 aromatic heterocycles. The number of ether oxygens (including phenoxy) is 3. The van der Waals surface area contributed by atoms with E-state index in [9.17, 15) is 4.79 Å². The van der Waals surface area contributed by atoms with Gasteiger partial charge in [-0.15, -0.1) is 0 Å². The molecule has 0 radical (unpaired) electrons. The number of carboxylic acid groups (broad SMARTS) is 1. The van der Waals surface area contributed by atoms with Crippen LogP contribution in [0.4, 0.5) is 0 Å². The summed E-state index contributed by atoms with van der Waals surface area (Å²) >= 11 is 3.23. The number of rotatable bonds is 8. The topological polar surface area (TPSA) is 65.0 Å². The molecular weight excluding hydrogens is 304 g/mol. The Morgan fingerprint density at radius 1 is 1.22 bits per heavy atom. The summed E-state index contributed by atoms with van der Waals surface area (Å²) in [6.07, 6.45) is 0. The summed E-state index contributed by atoms with van der Waals surface area (Å²) < 4.78 is 16.1. The van der Waals surface area contributed by atoms with Gasteiger partial charge in [0.1, 0.15) is 12.4 Å². The lowest BCUT2D eigenvalue weighted by atomic mass is 10.2. The number of methoxy groups -OCH3 is 1. The molecule has 0 atom stereocenters. The smallest absolute Gasteiger partial charge is 0.335 e. The Labute approximate surface area is 114 Å². The van der Waals surface area contributed by atoms with Crippen LogP contribution >= 0.6 is 15.9 Å². The molecule has 0 saturated carbocycles. The molecule has 18 heavy (non-hydrogen) atoms. The Bertz CT molecular complexity index is 394. The molecule has 0 aliphatic carbocycles. The van der Waals surface area contributed by atoms with Gasteiger partial charge in [-0.05, 0) is 18.2 Å². The minimum absolute atomic E-state index is 0.180. The lowest BCUT2D eigenvalue weighted by Gasteiger charge is -2.08. The molecule has 100 valence electrons. The van der Waals surface area contributed by atoms with Gasteiger partial charge >= 0.3 is 5.97 Å². The largest absolute Gasteiger partial charge is 0.491 e. The normalized spacial score (nSPS) is 10.3. The van der Waals surface area contributed by atoms with Crippen LogP contribution in [0.1, 0.15) is 10.4 Å². The van der Waals surface area contributed by atoms with Gasteiger partial charge in [0, 0.05) is 11.6 Å². The molecule has 0 bridgehead atoms. The average Bonchev–Trinajstić information content (AvgIpc) is 2.33. The summed E-state index contributed by atoms with van der Waals surface area (Å²) in [4.78, 5) is 10.8. The molecule has 0 heterocycles. The molecule has 1 aromatic carbocycles. The first kappa shape index (κ1) is 14.9. The van der Waals surface area contributed by atoms with Crippen molar-refractivity contribution >= 4 is 21.9 Å². The van der Waals surface area contributed by atoms with Crippen LogP contribution in [0.5, 0.6) is 5.75 Å². The minimum atomic E-state index is -0.988. The lowest BCUT2D eigenvalue weighted by molar-refractivity contribution is 0.0543. The zero-order valence-electron chi connectivity index (χ0n) is 10.0. The zero-order valence-corrected chi connectivity index (χ0v) is 11.6. The van der Waals surface area contributed by atoms with Gasteiger partial charge < -0.3 is 19.3 Å². The van der Waals surface area contributed by atoms with Gasteiger partial charge in [0.15, 0.2) is 0 Å². The molecule has 1 aromatic rings. The summed E-state index contributed by atoms with van der Waals surface area (Å²) in [5.41, 5.74) is 0.180. The Kier molecular flexibility index (Phi) is 6.70. The molecule has 0 fully saturated rings. The quantitative estimate of drug-likeness (QED) is 0.744. The highest BCUT2D eigenvalue weighted by molar-refractivity contribution is 9.10. The van der Waals surface area contributed by atoms with E-state index in [4.69, 9.17) is 19.3 Å². The second kappa shape index (κ2) is 8.07. The maximum atomic E-state index is 10.8. The van der Waals surface area contributed by atoms with E-state index in [0.29, 0.717) is 36.6 Å². The van der Waals surface area contributed by atoms with Gasteiger partial charge in [-0.1, -0.05) is 15.9 Å². The predicted octanol–water partition coefficient (Wildman–Crippen LogP) is 2.19. The van der Waals surface area contributed by atoms with E-state index in [1.54, 1.807) is 13.2 Å². The number of carboxylic acids is 1. The Hall–Kier alpha value is -1.11. The molecule has 6 heteroatoms. The molecule has 1 rings (SSSR count). The minimum Gasteiger partial charge on any atom is -0.491 e. The summed E-state index contributed by atoms with van der Waals surface area (Å²) in [5.74, 6) is -0.491. The van der Waals surface area contributed by atoms with Crippen molar-refractivity contribution < 1.29 is 24.1 Å². The van der Waals surface area contributed by atoms with Crippen molar-refractivity contribution in [2.24, 2.45) is 0 Å². The second-order valence-corrected chi connectivity index (χ2v) is 4.35. The van der Waals surface area contributed by atoms with Crippen LogP contribution in [0.3, 0.4) is 0 Å². The highest BCUT2D eigenvalue weighted by Crippen LogP contribution is 2.21. The standard InChI is InChI=1S/C12H15BrO5/c1-16-2-3-17-4-5-18-11-7-9(12(14)15)6-10(13)8-11/h6-8H,2-5H2,1H3,(H,14,15). The van der Waals surface area contributed by atoms with E-state index in [0.717, 1.165) is 0 Å². The molecule has 0 aliphatic rings. The highest BCUT2D eigenvalue weighted by atomic mass is 79.9. The molecule has 0 amide bonds. The number of hydrogen-bond donors (Lipinski definition) is 1. The number of carbonyl (C=O) groups is 1. The van der Waals surface area contributed by atoms with E-state index in [1.165, 1.54) is 12.1 Å². The first-order chi connectivity index (χ1) is 8.63. The van der Waals surface area contributed by atoms with Crippen LogP contribution < -0.4 is 4.74 Å². The third-order valence-electron chi connectivity index (χ3n) is 2.05. The summed E-state index contributed by atoms with van der Waals surface area (Å²) in [7, 11) is 1.61. The van der Waals surface area contributed by atoms with Crippen molar-refractivity contribution in [3.63, 3.8) is 0 Å². The van der Waals surface area contributed by atoms with Crippen LogP contribution in [0.2, 0.25) is 0 Å². The van der Waals surface area contributed by atoms with Crippen molar-refractivity contribution in [3.05, 3.63) is 28.2 Å².